The second-order valence-corrected chi connectivity index (χ2v) is 2.50. The van der Waals surface area contributed by atoms with Crippen LogP contribution in [0.15, 0.2) is 0 Å². The van der Waals surface area contributed by atoms with E-state index in [0.29, 0.717) is 6.61 Å². The Morgan fingerprint density at radius 3 is 2.44 bits per heavy atom. The molecule has 9 heavy (non-hydrogen) atoms. The van der Waals surface area contributed by atoms with Gasteiger partial charge in [-0.15, -0.1) is 0 Å². The molecule has 0 saturated carbocycles. The Morgan fingerprint density at radius 1 is 1.56 bits per heavy atom. The molecule has 54 valence electrons. The van der Waals surface area contributed by atoms with Crippen LogP contribution in [0.2, 0.25) is 0 Å². The van der Waals surface area contributed by atoms with E-state index in [1.165, 1.54) is 7.11 Å². The van der Waals surface area contributed by atoms with E-state index in [1.807, 2.05) is 6.92 Å². The van der Waals surface area contributed by atoms with Crippen LogP contribution in [0.1, 0.15) is 13.3 Å². The summed E-state index contributed by atoms with van der Waals surface area (Å²) in [6.45, 7) is 2.47. The van der Waals surface area contributed by atoms with Crippen LogP contribution in [0.4, 0.5) is 0 Å². The Bertz CT molecular complexity index is 78.2. The summed E-state index contributed by atoms with van der Waals surface area (Å²) in [6, 6.07) is 0. The second kappa shape index (κ2) is 9.41. The molecule has 0 saturated heterocycles. The van der Waals surface area contributed by atoms with Gasteiger partial charge in [-0.05, 0) is 6.42 Å². The predicted molar refractivity (Wildman–Crippen MR) is 40.8 cm³/mol. The summed E-state index contributed by atoms with van der Waals surface area (Å²) in [6.07, 6.45) is 0.875. The number of hydrogen-bond acceptors (Lipinski definition) is 3. The van der Waals surface area contributed by atoms with Crippen molar-refractivity contribution in [3.63, 3.8) is 0 Å². The first-order chi connectivity index (χ1) is 3.81. The van der Waals surface area contributed by atoms with Gasteiger partial charge < -0.3 is 9.05 Å². The van der Waals surface area contributed by atoms with Gasteiger partial charge in [-0.3, -0.25) is 4.57 Å². The quantitative estimate of drug-likeness (QED) is 0.467. The maximum absolute atomic E-state index is 10.3. The van der Waals surface area contributed by atoms with Gasteiger partial charge in [0.25, 0.3) is 0 Å². The van der Waals surface area contributed by atoms with Crippen molar-refractivity contribution in [2.24, 2.45) is 0 Å². The molecule has 3 nitrogen and oxygen atoms in total. The first-order valence-corrected chi connectivity index (χ1v) is 3.74. The molecule has 0 aliphatic carbocycles. The van der Waals surface area contributed by atoms with Crippen LogP contribution in [0.3, 0.4) is 0 Å². The van der Waals surface area contributed by atoms with E-state index in [9.17, 15) is 4.57 Å². The third-order valence-corrected chi connectivity index (χ3v) is 1.36. The van der Waals surface area contributed by atoms with Crippen molar-refractivity contribution >= 4 is 46.0 Å². The van der Waals surface area contributed by atoms with E-state index < -0.39 is 8.25 Å². The van der Waals surface area contributed by atoms with Crippen molar-refractivity contribution in [2.75, 3.05) is 13.7 Å². The van der Waals surface area contributed by atoms with Gasteiger partial charge in [0.2, 0.25) is 0 Å². The number of rotatable bonds is 4. The van der Waals surface area contributed by atoms with E-state index in [4.69, 9.17) is 0 Å². The molecule has 0 rings (SSSR count). The summed E-state index contributed by atoms with van der Waals surface area (Å²) in [4.78, 5) is 0. The van der Waals surface area contributed by atoms with Crippen LogP contribution in [0.25, 0.3) is 0 Å². The van der Waals surface area contributed by atoms with Crippen molar-refractivity contribution in [3.05, 3.63) is 0 Å². The number of hydrogen-bond donors (Lipinski definition) is 0. The van der Waals surface area contributed by atoms with Crippen LogP contribution in [0, 0.1) is 0 Å². The van der Waals surface area contributed by atoms with Gasteiger partial charge in [0.1, 0.15) is 0 Å². The first-order valence-electron chi connectivity index (χ1n) is 2.52. The molecule has 0 aliphatic rings. The molecule has 0 bridgehead atoms. The van der Waals surface area contributed by atoms with Crippen LogP contribution in [0.5, 0.6) is 0 Å². The SMILES string of the molecule is CCCO[PH](=O)OC.[CaH2]. The fourth-order valence-corrected chi connectivity index (χ4v) is 0.733. The summed E-state index contributed by atoms with van der Waals surface area (Å²) in [7, 11) is -0.770. The topological polar surface area (TPSA) is 35.5 Å². The molecule has 0 heterocycles. The van der Waals surface area contributed by atoms with E-state index >= 15 is 0 Å². The molecule has 1 atom stereocenters. The Kier molecular flexibility index (Phi) is 13.6. The van der Waals surface area contributed by atoms with E-state index in [2.05, 4.69) is 9.05 Å². The Hall–Kier alpha value is 1.41. The molecular weight excluding hydrogens is 167 g/mol. The van der Waals surface area contributed by atoms with Crippen molar-refractivity contribution < 1.29 is 13.6 Å². The maximum atomic E-state index is 10.3. The third-order valence-electron chi connectivity index (χ3n) is 0.591. The average Bonchev–Trinajstić information content (AvgIpc) is 1.83. The average molecular weight is 180 g/mol. The Balaban J connectivity index is 0. The van der Waals surface area contributed by atoms with Crippen molar-refractivity contribution in [3.8, 4) is 0 Å². The molecule has 0 aromatic rings. The van der Waals surface area contributed by atoms with Crippen LogP contribution in [-0.4, -0.2) is 51.5 Å². The summed E-state index contributed by atoms with van der Waals surface area (Å²) in [5.74, 6) is 0. The molecule has 0 radical (unpaired) electrons. The predicted octanol–water partition coefficient (Wildman–Crippen LogP) is 0.533. The molecule has 0 N–H and O–H groups in total. The zero-order valence-corrected chi connectivity index (χ0v) is 6.14. The monoisotopic (exact) mass is 180 g/mol. The molecule has 0 fully saturated rings. The van der Waals surface area contributed by atoms with Gasteiger partial charge in [0.05, 0.1) is 6.61 Å². The van der Waals surface area contributed by atoms with Gasteiger partial charge in [-0.1, -0.05) is 6.92 Å². The van der Waals surface area contributed by atoms with E-state index in [-0.39, 0.29) is 37.7 Å². The van der Waals surface area contributed by atoms with Crippen molar-refractivity contribution in [2.45, 2.75) is 13.3 Å². The Labute approximate surface area is 86.1 Å². The van der Waals surface area contributed by atoms with E-state index in [1.54, 1.807) is 0 Å². The summed E-state index contributed by atoms with van der Waals surface area (Å²) < 4.78 is 19.4. The summed E-state index contributed by atoms with van der Waals surface area (Å²) >= 11 is 0. The first kappa shape index (κ1) is 13.0. The van der Waals surface area contributed by atoms with Crippen LogP contribution < -0.4 is 0 Å². The fourth-order valence-electron chi connectivity index (χ4n) is 0.244. The Morgan fingerprint density at radius 2 is 2.11 bits per heavy atom. The molecule has 1 unspecified atom stereocenters. The summed E-state index contributed by atoms with van der Waals surface area (Å²) in [5, 5.41) is 0. The van der Waals surface area contributed by atoms with Gasteiger partial charge in [-0.25, -0.2) is 0 Å². The standard InChI is InChI=1S/C4H11O3P.Ca.2H/c1-3-4-7-8(5)6-2;;;/h8H,3-4H2,1-2H3;;;. The zero-order valence-electron chi connectivity index (χ0n) is 5.14. The van der Waals surface area contributed by atoms with Crippen molar-refractivity contribution in [1.82, 2.24) is 0 Å². The fraction of sp³-hybridized carbons (Fsp3) is 1.00. The minimum absolute atomic E-state index is 0. The zero-order chi connectivity index (χ0) is 6.41. The second-order valence-electron chi connectivity index (χ2n) is 1.30. The molecule has 0 aromatic carbocycles. The molecule has 0 aromatic heterocycles. The van der Waals surface area contributed by atoms with Crippen LogP contribution in [-0.2, 0) is 13.6 Å². The van der Waals surface area contributed by atoms with Gasteiger partial charge in [0, 0.05) is 7.11 Å². The minimum atomic E-state index is -2.14. The van der Waals surface area contributed by atoms with Crippen LogP contribution >= 0.6 is 8.25 Å². The van der Waals surface area contributed by atoms with Gasteiger partial charge in [-0.2, -0.15) is 0 Å². The molecule has 5 heteroatoms. The van der Waals surface area contributed by atoms with Gasteiger partial charge in [0.15, 0.2) is 0 Å². The molecule has 0 spiro atoms. The molecule has 0 amide bonds. The molecule has 0 aliphatic heterocycles. The van der Waals surface area contributed by atoms with Crippen molar-refractivity contribution in [1.29, 1.82) is 0 Å². The van der Waals surface area contributed by atoms with Gasteiger partial charge >= 0.3 is 46.0 Å². The summed E-state index contributed by atoms with van der Waals surface area (Å²) in [5.41, 5.74) is 0. The van der Waals surface area contributed by atoms with E-state index in [0.717, 1.165) is 6.42 Å². The normalized spacial score (nSPS) is 12.2. The molecular formula is C4H13CaO3P. The third kappa shape index (κ3) is 9.41.